The Balaban J connectivity index is 2.63. The molecule has 0 amide bonds. The Labute approximate surface area is 68.3 Å². The van der Waals surface area contributed by atoms with E-state index in [9.17, 15) is 13.6 Å². The zero-order chi connectivity index (χ0) is 9.35. The number of ether oxygens (including phenoxy) is 1. The molecule has 0 aromatic heterocycles. The molecule has 12 heavy (non-hydrogen) atoms. The van der Waals surface area contributed by atoms with E-state index in [-0.39, 0.29) is 12.8 Å². The molecule has 0 bridgehead atoms. The minimum absolute atomic E-state index is 0.181. The maximum Gasteiger partial charge on any atom is 0.335 e. The zero-order valence-corrected chi connectivity index (χ0v) is 6.59. The first-order valence-electron chi connectivity index (χ1n) is 3.58. The SMILES string of the molecule is COC(=O)C(O)C1(C(F)F)CC1. The van der Waals surface area contributed by atoms with E-state index in [0.717, 1.165) is 7.11 Å². The molecule has 0 aromatic carbocycles. The van der Waals surface area contributed by atoms with Crippen LogP contribution in [0.5, 0.6) is 0 Å². The minimum atomic E-state index is -2.66. The third kappa shape index (κ3) is 1.29. The molecular formula is C7H10F2O3. The second-order valence-electron chi connectivity index (χ2n) is 2.96. The van der Waals surface area contributed by atoms with E-state index in [1.165, 1.54) is 0 Å². The van der Waals surface area contributed by atoms with Gasteiger partial charge in [-0.15, -0.1) is 0 Å². The van der Waals surface area contributed by atoms with Crippen LogP contribution in [0, 0.1) is 5.41 Å². The van der Waals surface area contributed by atoms with Crippen molar-refractivity contribution in [2.45, 2.75) is 25.4 Å². The number of methoxy groups -OCH3 is 1. The largest absolute Gasteiger partial charge is 0.467 e. The van der Waals surface area contributed by atoms with Crippen LogP contribution in [-0.4, -0.2) is 30.7 Å². The van der Waals surface area contributed by atoms with Crippen molar-refractivity contribution in [1.29, 1.82) is 0 Å². The van der Waals surface area contributed by atoms with Crippen molar-refractivity contribution in [2.24, 2.45) is 5.41 Å². The van der Waals surface area contributed by atoms with Gasteiger partial charge in [-0.1, -0.05) is 0 Å². The molecule has 0 spiro atoms. The third-order valence-corrected chi connectivity index (χ3v) is 2.23. The van der Waals surface area contributed by atoms with E-state index in [1.54, 1.807) is 0 Å². The predicted octanol–water partition coefficient (Wildman–Crippen LogP) is 0.566. The molecule has 1 aliphatic rings. The summed E-state index contributed by atoms with van der Waals surface area (Å²) in [4.78, 5) is 10.7. The molecule has 1 N–H and O–H groups in total. The van der Waals surface area contributed by atoms with Crippen LogP contribution < -0.4 is 0 Å². The number of esters is 1. The number of carbonyl (C=O) groups is 1. The van der Waals surface area contributed by atoms with Crippen LogP contribution in [0.4, 0.5) is 8.78 Å². The van der Waals surface area contributed by atoms with E-state index in [1.807, 2.05) is 0 Å². The van der Waals surface area contributed by atoms with Crippen molar-refractivity contribution in [2.75, 3.05) is 7.11 Å². The summed E-state index contributed by atoms with van der Waals surface area (Å²) in [7, 11) is 1.06. The van der Waals surface area contributed by atoms with Gasteiger partial charge in [0.2, 0.25) is 6.43 Å². The van der Waals surface area contributed by atoms with Crippen LogP contribution in [0.3, 0.4) is 0 Å². The topological polar surface area (TPSA) is 46.5 Å². The molecule has 5 heteroatoms. The highest BCUT2D eigenvalue weighted by molar-refractivity contribution is 5.76. The summed E-state index contributed by atoms with van der Waals surface area (Å²) in [6, 6.07) is 0. The molecule has 0 heterocycles. The Hall–Kier alpha value is -0.710. The number of aliphatic hydroxyl groups excluding tert-OH is 1. The molecule has 1 saturated carbocycles. The van der Waals surface area contributed by atoms with Crippen molar-refractivity contribution in [1.82, 2.24) is 0 Å². The van der Waals surface area contributed by atoms with E-state index < -0.39 is 23.9 Å². The van der Waals surface area contributed by atoms with Gasteiger partial charge in [-0.3, -0.25) is 0 Å². The lowest BCUT2D eigenvalue weighted by Crippen LogP contribution is -2.36. The maximum atomic E-state index is 12.3. The van der Waals surface area contributed by atoms with Crippen LogP contribution in [0.25, 0.3) is 0 Å². The first kappa shape index (κ1) is 9.38. The summed E-state index contributed by atoms with van der Waals surface area (Å²) < 4.78 is 28.7. The number of halogens is 2. The van der Waals surface area contributed by atoms with Crippen LogP contribution in [-0.2, 0) is 9.53 Å². The summed E-state index contributed by atoms with van der Waals surface area (Å²) in [5.41, 5.74) is -1.52. The zero-order valence-electron chi connectivity index (χ0n) is 6.59. The average Bonchev–Trinajstić information content (AvgIpc) is 2.81. The van der Waals surface area contributed by atoms with E-state index in [0.29, 0.717) is 0 Å². The van der Waals surface area contributed by atoms with Gasteiger partial charge >= 0.3 is 5.97 Å². The fraction of sp³-hybridized carbons (Fsp3) is 0.857. The Morgan fingerprint density at radius 1 is 1.58 bits per heavy atom. The quantitative estimate of drug-likeness (QED) is 0.646. The fourth-order valence-corrected chi connectivity index (χ4v) is 1.10. The highest BCUT2D eigenvalue weighted by Gasteiger charge is 2.59. The first-order chi connectivity index (χ1) is 5.54. The lowest BCUT2D eigenvalue weighted by Gasteiger charge is -2.18. The lowest BCUT2D eigenvalue weighted by molar-refractivity contribution is -0.159. The molecule has 3 nitrogen and oxygen atoms in total. The third-order valence-electron chi connectivity index (χ3n) is 2.23. The van der Waals surface area contributed by atoms with Gasteiger partial charge in [-0.25, -0.2) is 13.6 Å². The van der Waals surface area contributed by atoms with Gasteiger partial charge in [0.25, 0.3) is 0 Å². The highest BCUT2D eigenvalue weighted by atomic mass is 19.3. The lowest BCUT2D eigenvalue weighted by atomic mass is 10.0. The normalized spacial score (nSPS) is 22.1. The molecule has 0 radical (unpaired) electrons. The van der Waals surface area contributed by atoms with Gasteiger partial charge in [0.05, 0.1) is 12.5 Å². The molecular weight excluding hydrogens is 170 g/mol. The van der Waals surface area contributed by atoms with E-state index >= 15 is 0 Å². The Morgan fingerprint density at radius 3 is 2.33 bits per heavy atom. The smallest absolute Gasteiger partial charge is 0.335 e. The summed E-state index contributed by atoms with van der Waals surface area (Å²) in [6.07, 6.45) is -3.98. The van der Waals surface area contributed by atoms with Crippen molar-refractivity contribution >= 4 is 5.97 Å². The fourth-order valence-electron chi connectivity index (χ4n) is 1.10. The summed E-state index contributed by atoms with van der Waals surface area (Å²) in [5, 5.41) is 9.12. The molecule has 0 aliphatic heterocycles. The Bertz CT molecular complexity index is 189. The molecule has 0 aromatic rings. The minimum Gasteiger partial charge on any atom is -0.467 e. The average molecular weight is 180 g/mol. The van der Waals surface area contributed by atoms with Crippen molar-refractivity contribution < 1.29 is 23.4 Å². The second kappa shape index (κ2) is 2.97. The Kier molecular flexibility index (Phi) is 2.32. The molecule has 70 valence electrons. The highest BCUT2D eigenvalue weighted by Crippen LogP contribution is 2.53. The molecule has 1 unspecified atom stereocenters. The van der Waals surface area contributed by atoms with Gasteiger partial charge in [0, 0.05) is 0 Å². The summed E-state index contributed by atoms with van der Waals surface area (Å²) in [5.74, 6) is -0.979. The molecule has 1 rings (SSSR count). The number of alkyl halides is 2. The summed E-state index contributed by atoms with van der Waals surface area (Å²) >= 11 is 0. The van der Waals surface area contributed by atoms with Gasteiger partial charge in [0.1, 0.15) is 0 Å². The van der Waals surface area contributed by atoms with Gasteiger partial charge < -0.3 is 9.84 Å². The Morgan fingerprint density at radius 2 is 2.08 bits per heavy atom. The van der Waals surface area contributed by atoms with Crippen LogP contribution in [0.15, 0.2) is 0 Å². The number of rotatable bonds is 3. The van der Waals surface area contributed by atoms with Gasteiger partial charge in [0.15, 0.2) is 6.10 Å². The van der Waals surface area contributed by atoms with Gasteiger partial charge in [-0.05, 0) is 12.8 Å². The van der Waals surface area contributed by atoms with Crippen molar-refractivity contribution in [3.63, 3.8) is 0 Å². The molecule has 1 fully saturated rings. The van der Waals surface area contributed by atoms with Crippen LogP contribution in [0.1, 0.15) is 12.8 Å². The number of aliphatic hydroxyl groups is 1. The maximum absolute atomic E-state index is 12.3. The first-order valence-corrected chi connectivity index (χ1v) is 3.58. The predicted molar refractivity (Wildman–Crippen MR) is 35.7 cm³/mol. The van der Waals surface area contributed by atoms with Crippen LogP contribution in [0.2, 0.25) is 0 Å². The monoisotopic (exact) mass is 180 g/mol. The number of carbonyl (C=O) groups excluding carboxylic acids is 1. The second-order valence-corrected chi connectivity index (χ2v) is 2.96. The van der Waals surface area contributed by atoms with Crippen molar-refractivity contribution in [3.05, 3.63) is 0 Å². The van der Waals surface area contributed by atoms with Gasteiger partial charge in [-0.2, -0.15) is 0 Å². The molecule has 1 aliphatic carbocycles. The van der Waals surface area contributed by atoms with E-state index in [2.05, 4.69) is 4.74 Å². The number of hydrogen-bond donors (Lipinski definition) is 1. The van der Waals surface area contributed by atoms with Crippen LogP contribution >= 0.6 is 0 Å². The molecule has 1 atom stereocenters. The van der Waals surface area contributed by atoms with E-state index in [4.69, 9.17) is 5.11 Å². The summed E-state index contributed by atoms with van der Waals surface area (Å²) in [6.45, 7) is 0. The van der Waals surface area contributed by atoms with Crippen molar-refractivity contribution in [3.8, 4) is 0 Å². The number of hydrogen-bond acceptors (Lipinski definition) is 3. The molecule has 0 saturated heterocycles. The standard InChI is InChI=1S/C7H10F2O3/c1-12-5(11)4(10)7(2-3-7)6(8)9/h4,6,10H,2-3H2,1H3.